The van der Waals surface area contributed by atoms with Crippen LogP contribution in [0.4, 0.5) is 0 Å². The highest BCUT2D eigenvalue weighted by Gasteiger charge is 2.33. The minimum atomic E-state index is -0.191. The summed E-state index contributed by atoms with van der Waals surface area (Å²) in [6, 6.07) is 2.14. The van der Waals surface area contributed by atoms with Crippen molar-refractivity contribution in [3.8, 4) is 0 Å². The van der Waals surface area contributed by atoms with E-state index in [1.807, 2.05) is 0 Å². The molecular formula is C13H19NO2S. The van der Waals surface area contributed by atoms with Crippen molar-refractivity contribution in [1.29, 1.82) is 0 Å². The Bertz CT molecular complexity index is 344. The van der Waals surface area contributed by atoms with Crippen LogP contribution in [0.5, 0.6) is 0 Å². The molecule has 1 aliphatic heterocycles. The van der Waals surface area contributed by atoms with E-state index in [2.05, 4.69) is 28.8 Å². The lowest BCUT2D eigenvalue weighted by atomic mass is 9.81. The number of hydrogen-bond acceptors (Lipinski definition) is 4. The van der Waals surface area contributed by atoms with E-state index in [4.69, 9.17) is 4.74 Å². The second kappa shape index (κ2) is 5.76. The zero-order valence-corrected chi connectivity index (χ0v) is 11.0. The van der Waals surface area contributed by atoms with E-state index in [0.717, 1.165) is 32.2 Å². The van der Waals surface area contributed by atoms with Gasteiger partial charge >= 0.3 is 0 Å². The third kappa shape index (κ3) is 3.37. The predicted octanol–water partition coefficient (Wildman–Crippen LogP) is 2.18. The fourth-order valence-corrected chi connectivity index (χ4v) is 3.04. The Kier molecular flexibility index (Phi) is 4.31. The molecule has 2 rings (SSSR count). The smallest absolute Gasteiger partial charge is 0.127 e. The fraction of sp³-hybridized carbons (Fsp3) is 0.615. The van der Waals surface area contributed by atoms with Crippen LogP contribution in [0, 0.1) is 5.41 Å². The van der Waals surface area contributed by atoms with E-state index in [1.54, 1.807) is 11.3 Å². The van der Waals surface area contributed by atoms with Crippen LogP contribution in [-0.2, 0) is 16.1 Å². The quantitative estimate of drug-likeness (QED) is 0.753. The molecule has 3 nitrogen and oxygen atoms in total. The summed E-state index contributed by atoms with van der Waals surface area (Å²) in [4.78, 5) is 13.6. The molecule has 17 heavy (non-hydrogen) atoms. The number of hydrogen-bond donors (Lipinski definition) is 0. The van der Waals surface area contributed by atoms with Crippen LogP contribution in [0.15, 0.2) is 16.8 Å². The first-order valence-corrected chi connectivity index (χ1v) is 6.92. The molecule has 0 radical (unpaired) electrons. The number of aldehydes is 1. The molecule has 0 unspecified atom stereocenters. The molecule has 0 spiro atoms. The minimum absolute atomic E-state index is 0.191. The molecule has 1 aromatic heterocycles. The van der Waals surface area contributed by atoms with Crippen molar-refractivity contribution in [3.05, 3.63) is 22.4 Å². The Morgan fingerprint density at radius 2 is 2.29 bits per heavy atom. The van der Waals surface area contributed by atoms with Gasteiger partial charge in [0.05, 0.1) is 0 Å². The molecule has 0 aromatic carbocycles. The van der Waals surface area contributed by atoms with Crippen LogP contribution >= 0.6 is 11.3 Å². The molecule has 2 heterocycles. The van der Waals surface area contributed by atoms with E-state index in [-0.39, 0.29) is 5.41 Å². The molecule has 1 aromatic rings. The van der Waals surface area contributed by atoms with Crippen molar-refractivity contribution in [3.63, 3.8) is 0 Å². The summed E-state index contributed by atoms with van der Waals surface area (Å²) < 4.78 is 5.34. The van der Waals surface area contributed by atoms with Crippen LogP contribution in [0.1, 0.15) is 18.4 Å². The maximum absolute atomic E-state index is 11.3. The Labute approximate surface area is 106 Å². The highest BCUT2D eigenvalue weighted by atomic mass is 32.1. The molecule has 0 atom stereocenters. The van der Waals surface area contributed by atoms with Gasteiger partial charge in [0.2, 0.25) is 0 Å². The van der Waals surface area contributed by atoms with Gasteiger partial charge in [-0.25, -0.2) is 0 Å². The van der Waals surface area contributed by atoms with E-state index >= 15 is 0 Å². The Hall–Kier alpha value is -0.710. The molecule has 0 bridgehead atoms. The predicted molar refractivity (Wildman–Crippen MR) is 69.2 cm³/mol. The van der Waals surface area contributed by atoms with Crippen LogP contribution < -0.4 is 0 Å². The monoisotopic (exact) mass is 253 g/mol. The Morgan fingerprint density at radius 3 is 2.88 bits per heavy atom. The van der Waals surface area contributed by atoms with Gasteiger partial charge in [0.15, 0.2) is 0 Å². The van der Waals surface area contributed by atoms with E-state index in [9.17, 15) is 4.79 Å². The highest BCUT2D eigenvalue weighted by molar-refractivity contribution is 7.07. The number of ether oxygens (including phenoxy) is 1. The van der Waals surface area contributed by atoms with Gasteiger partial charge in [-0.2, -0.15) is 11.3 Å². The zero-order chi connectivity index (χ0) is 12.1. The van der Waals surface area contributed by atoms with Gasteiger partial charge in [0.25, 0.3) is 0 Å². The van der Waals surface area contributed by atoms with Gasteiger partial charge in [-0.1, -0.05) is 0 Å². The SMILES string of the molecule is CN(Cc1ccsc1)CC1(C=O)CCOCC1. The summed E-state index contributed by atoms with van der Waals surface area (Å²) in [6.45, 7) is 3.17. The first kappa shape index (κ1) is 12.7. The Balaban J connectivity index is 1.91. The van der Waals surface area contributed by atoms with Crippen LogP contribution in [0.25, 0.3) is 0 Å². The van der Waals surface area contributed by atoms with E-state index < -0.39 is 0 Å². The maximum atomic E-state index is 11.3. The highest BCUT2D eigenvalue weighted by Crippen LogP contribution is 2.29. The molecule has 1 saturated heterocycles. The summed E-state index contributed by atoms with van der Waals surface area (Å²) in [6.07, 6.45) is 2.84. The number of thiophene rings is 1. The summed E-state index contributed by atoms with van der Waals surface area (Å²) in [7, 11) is 2.08. The van der Waals surface area contributed by atoms with Crippen molar-refractivity contribution in [2.75, 3.05) is 26.8 Å². The van der Waals surface area contributed by atoms with Crippen molar-refractivity contribution in [1.82, 2.24) is 4.90 Å². The van der Waals surface area contributed by atoms with Crippen LogP contribution in [-0.4, -0.2) is 38.0 Å². The molecular weight excluding hydrogens is 234 g/mol. The van der Waals surface area contributed by atoms with Crippen molar-refractivity contribution in [2.24, 2.45) is 5.41 Å². The average Bonchev–Trinajstić information content (AvgIpc) is 2.83. The van der Waals surface area contributed by atoms with Crippen molar-refractivity contribution < 1.29 is 9.53 Å². The van der Waals surface area contributed by atoms with Gasteiger partial charge < -0.3 is 14.4 Å². The maximum Gasteiger partial charge on any atom is 0.127 e. The van der Waals surface area contributed by atoms with Gasteiger partial charge in [-0.15, -0.1) is 0 Å². The van der Waals surface area contributed by atoms with Crippen molar-refractivity contribution >= 4 is 17.6 Å². The third-order valence-electron chi connectivity index (χ3n) is 3.36. The molecule has 4 heteroatoms. The van der Waals surface area contributed by atoms with Gasteiger partial charge in [-0.05, 0) is 42.3 Å². The first-order valence-electron chi connectivity index (χ1n) is 5.98. The topological polar surface area (TPSA) is 29.5 Å². The average molecular weight is 253 g/mol. The second-order valence-corrected chi connectivity index (χ2v) is 5.68. The number of carbonyl (C=O) groups excluding carboxylic acids is 1. The lowest BCUT2D eigenvalue weighted by Gasteiger charge is -2.35. The molecule has 0 aliphatic carbocycles. The largest absolute Gasteiger partial charge is 0.381 e. The first-order chi connectivity index (χ1) is 8.24. The fourth-order valence-electron chi connectivity index (χ4n) is 2.38. The normalized spacial score (nSPS) is 19.4. The summed E-state index contributed by atoms with van der Waals surface area (Å²) in [5.74, 6) is 0. The summed E-state index contributed by atoms with van der Waals surface area (Å²) in [5.41, 5.74) is 1.13. The lowest BCUT2D eigenvalue weighted by molar-refractivity contribution is -0.122. The molecule has 1 aliphatic rings. The third-order valence-corrected chi connectivity index (χ3v) is 4.09. The minimum Gasteiger partial charge on any atom is -0.381 e. The standard InChI is InChI=1S/C13H19NO2S/c1-14(8-12-2-7-17-9-12)10-13(11-15)3-5-16-6-4-13/h2,7,9,11H,3-6,8,10H2,1H3. The lowest BCUT2D eigenvalue weighted by Crippen LogP contribution is -2.41. The van der Waals surface area contributed by atoms with Gasteiger partial charge in [0.1, 0.15) is 6.29 Å². The van der Waals surface area contributed by atoms with Gasteiger partial charge in [0, 0.05) is 31.7 Å². The number of carbonyl (C=O) groups is 1. The zero-order valence-electron chi connectivity index (χ0n) is 10.2. The molecule has 0 amide bonds. The van der Waals surface area contributed by atoms with Crippen LogP contribution in [0.2, 0.25) is 0 Å². The molecule has 0 saturated carbocycles. The van der Waals surface area contributed by atoms with Crippen molar-refractivity contribution in [2.45, 2.75) is 19.4 Å². The van der Waals surface area contributed by atoms with E-state index in [0.29, 0.717) is 13.2 Å². The summed E-state index contributed by atoms with van der Waals surface area (Å²) in [5, 5.41) is 4.25. The summed E-state index contributed by atoms with van der Waals surface area (Å²) >= 11 is 1.72. The number of nitrogens with zero attached hydrogens (tertiary/aromatic N) is 1. The molecule has 1 fully saturated rings. The molecule has 94 valence electrons. The van der Waals surface area contributed by atoms with E-state index in [1.165, 1.54) is 5.56 Å². The second-order valence-electron chi connectivity index (χ2n) is 4.90. The van der Waals surface area contributed by atoms with Gasteiger partial charge in [-0.3, -0.25) is 0 Å². The molecule has 0 N–H and O–H groups in total. The van der Waals surface area contributed by atoms with Crippen LogP contribution in [0.3, 0.4) is 0 Å². The number of rotatable bonds is 5. The Morgan fingerprint density at radius 1 is 1.53 bits per heavy atom.